The molecule has 1 unspecified atom stereocenters. The normalized spacial score (nSPS) is 21.8. The maximum atomic E-state index is 13.0. The number of likely N-dealkylation sites (tertiary alicyclic amines) is 2. The van der Waals surface area contributed by atoms with E-state index < -0.39 is 0 Å². The molecule has 3 rings (SSSR count). The fourth-order valence-electron chi connectivity index (χ4n) is 4.07. The third kappa shape index (κ3) is 4.13. The molecule has 2 aliphatic rings. The molecule has 2 saturated heterocycles. The SMILES string of the molecule is COc1ccc(OC)c(C2CCCN2C(=O)CN2CCC(OC)CC2)c1. The van der Waals surface area contributed by atoms with Gasteiger partial charge in [-0.15, -0.1) is 0 Å². The highest BCUT2D eigenvalue weighted by Crippen LogP contribution is 2.39. The molecule has 1 aromatic rings. The second kappa shape index (κ2) is 8.73. The van der Waals surface area contributed by atoms with Gasteiger partial charge >= 0.3 is 0 Å². The average molecular weight is 362 g/mol. The first-order chi connectivity index (χ1) is 12.7. The minimum absolute atomic E-state index is 0.0593. The number of hydrogen-bond donors (Lipinski definition) is 0. The summed E-state index contributed by atoms with van der Waals surface area (Å²) in [6.45, 7) is 3.13. The van der Waals surface area contributed by atoms with Gasteiger partial charge in [-0.1, -0.05) is 0 Å². The standard InChI is InChI=1S/C20H30N2O4/c1-24-15-8-11-21(12-9-15)14-20(23)22-10-4-5-18(22)17-13-16(25-2)6-7-19(17)26-3/h6-7,13,15,18H,4-5,8-12,14H2,1-3H3. The number of ether oxygens (including phenoxy) is 3. The quantitative estimate of drug-likeness (QED) is 0.778. The highest BCUT2D eigenvalue weighted by molar-refractivity contribution is 5.79. The van der Waals surface area contributed by atoms with Crippen LogP contribution in [0, 0.1) is 0 Å². The van der Waals surface area contributed by atoms with E-state index in [-0.39, 0.29) is 11.9 Å². The van der Waals surface area contributed by atoms with Gasteiger partial charge in [0.2, 0.25) is 5.91 Å². The molecule has 1 atom stereocenters. The minimum atomic E-state index is 0.0593. The highest BCUT2D eigenvalue weighted by atomic mass is 16.5. The smallest absolute Gasteiger partial charge is 0.237 e. The summed E-state index contributed by atoms with van der Waals surface area (Å²) < 4.78 is 16.3. The van der Waals surface area contributed by atoms with Gasteiger partial charge in [-0.3, -0.25) is 9.69 Å². The third-order valence-corrected chi connectivity index (χ3v) is 5.60. The van der Waals surface area contributed by atoms with Crippen LogP contribution in [-0.2, 0) is 9.53 Å². The zero-order valence-electron chi connectivity index (χ0n) is 16.1. The topological polar surface area (TPSA) is 51.2 Å². The van der Waals surface area contributed by atoms with Gasteiger partial charge in [0.05, 0.1) is 32.9 Å². The molecule has 6 nitrogen and oxygen atoms in total. The lowest BCUT2D eigenvalue weighted by atomic mass is 10.0. The van der Waals surface area contributed by atoms with Gasteiger partial charge in [0, 0.05) is 32.3 Å². The second-order valence-electron chi connectivity index (χ2n) is 7.06. The summed E-state index contributed by atoms with van der Waals surface area (Å²) in [5.74, 6) is 1.81. The molecular weight excluding hydrogens is 332 g/mol. The van der Waals surface area contributed by atoms with Crippen LogP contribution in [0.5, 0.6) is 11.5 Å². The lowest BCUT2D eigenvalue weighted by molar-refractivity contribution is -0.134. The molecule has 2 heterocycles. The summed E-state index contributed by atoms with van der Waals surface area (Å²) in [4.78, 5) is 17.2. The van der Waals surface area contributed by atoms with Crippen LogP contribution in [0.25, 0.3) is 0 Å². The Hall–Kier alpha value is -1.79. The van der Waals surface area contributed by atoms with E-state index in [0.717, 1.165) is 62.4 Å². The molecule has 144 valence electrons. The van der Waals surface area contributed by atoms with Crippen LogP contribution < -0.4 is 9.47 Å². The number of carbonyl (C=O) groups excluding carboxylic acids is 1. The number of methoxy groups -OCH3 is 3. The number of nitrogens with zero attached hydrogens (tertiary/aromatic N) is 2. The molecule has 0 aliphatic carbocycles. The second-order valence-corrected chi connectivity index (χ2v) is 7.06. The van der Waals surface area contributed by atoms with Crippen molar-refractivity contribution in [1.82, 2.24) is 9.80 Å². The molecule has 0 spiro atoms. The molecule has 2 aliphatic heterocycles. The maximum absolute atomic E-state index is 13.0. The zero-order chi connectivity index (χ0) is 18.5. The van der Waals surface area contributed by atoms with E-state index in [0.29, 0.717) is 12.6 Å². The van der Waals surface area contributed by atoms with Crippen molar-refractivity contribution in [3.63, 3.8) is 0 Å². The predicted molar refractivity (Wildman–Crippen MR) is 99.7 cm³/mol. The minimum Gasteiger partial charge on any atom is -0.497 e. The molecule has 26 heavy (non-hydrogen) atoms. The molecule has 2 fully saturated rings. The number of hydrogen-bond acceptors (Lipinski definition) is 5. The Morgan fingerprint density at radius 2 is 1.85 bits per heavy atom. The number of carbonyl (C=O) groups is 1. The van der Waals surface area contributed by atoms with Gasteiger partial charge in [0.15, 0.2) is 0 Å². The monoisotopic (exact) mass is 362 g/mol. The van der Waals surface area contributed by atoms with Crippen LogP contribution in [0.1, 0.15) is 37.3 Å². The molecular formula is C20H30N2O4. The van der Waals surface area contributed by atoms with Gasteiger partial charge in [-0.05, 0) is 43.9 Å². The van der Waals surface area contributed by atoms with Gasteiger partial charge in [-0.25, -0.2) is 0 Å². The van der Waals surface area contributed by atoms with Gasteiger partial charge in [0.1, 0.15) is 11.5 Å². The van der Waals surface area contributed by atoms with E-state index in [9.17, 15) is 4.79 Å². The summed E-state index contributed by atoms with van der Waals surface area (Å²) in [7, 11) is 5.10. The fraction of sp³-hybridized carbons (Fsp3) is 0.650. The number of rotatable bonds is 6. The Bertz CT molecular complexity index is 614. The molecule has 0 bridgehead atoms. The first-order valence-corrected chi connectivity index (χ1v) is 9.42. The summed E-state index contributed by atoms with van der Waals surface area (Å²) in [5, 5.41) is 0. The van der Waals surface area contributed by atoms with Crippen LogP contribution in [0.4, 0.5) is 0 Å². The van der Waals surface area contributed by atoms with Crippen molar-refractivity contribution >= 4 is 5.91 Å². The van der Waals surface area contributed by atoms with E-state index in [1.54, 1.807) is 21.3 Å². The third-order valence-electron chi connectivity index (χ3n) is 5.60. The lowest BCUT2D eigenvalue weighted by Gasteiger charge is -2.33. The largest absolute Gasteiger partial charge is 0.497 e. The molecule has 0 N–H and O–H groups in total. The van der Waals surface area contributed by atoms with Crippen molar-refractivity contribution in [2.75, 3.05) is 47.5 Å². The van der Waals surface area contributed by atoms with Crippen molar-refractivity contribution < 1.29 is 19.0 Å². The van der Waals surface area contributed by atoms with E-state index in [1.165, 1.54) is 0 Å². The van der Waals surface area contributed by atoms with E-state index >= 15 is 0 Å². The molecule has 1 aromatic carbocycles. The first-order valence-electron chi connectivity index (χ1n) is 9.42. The van der Waals surface area contributed by atoms with Crippen LogP contribution in [-0.4, -0.2) is 69.3 Å². The molecule has 0 aromatic heterocycles. The molecule has 6 heteroatoms. The van der Waals surface area contributed by atoms with Crippen molar-refractivity contribution in [1.29, 1.82) is 0 Å². The molecule has 1 amide bonds. The van der Waals surface area contributed by atoms with E-state index in [2.05, 4.69) is 4.90 Å². The van der Waals surface area contributed by atoms with E-state index in [1.807, 2.05) is 23.1 Å². The Morgan fingerprint density at radius 3 is 2.50 bits per heavy atom. The fourth-order valence-corrected chi connectivity index (χ4v) is 4.07. The Kier molecular flexibility index (Phi) is 6.38. The van der Waals surface area contributed by atoms with E-state index in [4.69, 9.17) is 14.2 Å². The summed E-state index contributed by atoms with van der Waals surface area (Å²) in [6.07, 6.45) is 4.30. The van der Waals surface area contributed by atoms with Crippen LogP contribution >= 0.6 is 0 Å². The zero-order valence-corrected chi connectivity index (χ0v) is 16.1. The molecule has 0 radical (unpaired) electrons. The van der Waals surface area contributed by atoms with Gasteiger partial charge in [-0.2, -0.15) is 0 Å². The average Bonchev–Trinajstić information content (AvgIpc) is 3.18. The number of benzene rings is 1. The molecule has 0 saturated carbocycles. The van der Waals surface area contributed by atoms with Crippen LogP contribution in [0.2, 0.25) is 0 Å². The van der Waals surface area contributed by atoms with Crippen molar-refractivity contribution in [2.24, 2.45) is 0 Å². The van der Waals surface area contributed by atoms with Crippen LogP contribution in [0.15, 0.2) is 18.2 Å². The summed E-state index contributed by atoms with van der Waals surface area (Å²) >= 11 is 0. The predicted octanol–water partition coefficient (Wildman–Crippen LogP) is 2.48. The lowest BCUT2D eigenvalue weighted by Crippen LogP contribution is -2.44. The Morgan fingerprint density at radius 1 is 1.08 bits per heavy atom. The van der Waals surface area contributed by atoms with Crippen molar-refractivity contribution in [3.05, 3.63) is 23.8 Å². The summed E-state index contributed by atoms with van der Waals surface area (Å²) in [6, 6.07) is 5.87. The van der Waals surface area contributed by atoms with Crippen molar-refractivity contribution in [3.8, 4) is 11.5 Å². The van der Waals surface area contributed by atoms with Crippen LogP contribution in [0.3, 0.4) is 0 Å². The maximum Gasteiger partial charge on any atom is 0.237 e. The summed E-state index contributed by atoms with van der Waals surface area (Å²) in [5.41, 5.74) is 1.04. The number of piperidine rings is 1. The van der Waals surface area contributed by atoms with Gasteiger partial charge in [0.25, 0.3) is 0 Å². The first kappa shape index (κ1) is 19.0. The Labute approximate surface area is 156 Å². The Balaban J connectivity index is 1.69. The highest BCUT2D eigenvalue weighted by Gasteiger charge is 2.33. The van der Waals surface area contributed by atoms with Gasteiger partial charge < -0.3 is 19.1 Å². The number of amides is 1. The van der Waals surface area contributed by atoms with Crippen molar-refractivity contribution in [2.45, 2.75) is 37.8 Å².